The third kappa shape index (κ3) is 3.20. The van der Waals surface area contributed by atoms with Gasteiger partial charge in [-0.25, -0.2) is 8.42 Å². The van der Waals surface area contributed by atoms with E-state index in [4.69, 9.17) is 5.73 Å². The lowest BCUT2D eigenvalue weighted by molar-refractivity contribution is -0.133. The Labute approximate surface area is 123 Å². The van der Waals surface area contributed by atoms with Crippen LogP contribution >= 0.6 is 11.3 Å². The van der Waals surface area contributed by atoms with Crippen LogP contribution in [0.25, 0.3) is 0 Å². The number of hydrogen-bond donors (Lipinski definition) is 2. The van der Waals surface area contributed by atoms with Crippen molar-refractivity contribution in [2.45, 2.75) is 36.1 Å². The second-order valence-corrected chi connectivity index (χ2v) is 7.73. The van der Waals surface area contributed by atoms with Gasteiger partial charge in [0.1, 0.15) is 4.21 Å². The van der Waals surface area contributed by atoms with E-state index >= 15 is 0 Å². The van der Waals surface area contributed by atoms with Crippen molar-refractivity contribution in [2.24, 2.45) is 5.73 Å². The lowest BCUT2D eigenvalue weighted by atomic mass is 10.2. The predicted octanol–water partition coefficient (Wildman–Crippen LogP) is 0.365. The summed E-state index contributed by atoms with van der Waals surface area (Å²) in [7, 11) is -3.63. The standard InChI is InChI=1S/C12H19N3O3S2/c1-9(12(16)15-6-2-4-10(15)8-13)14-20(17,18)11-5-3-7-19-11/h3,5,7,9-10,14H,2,4,6,8,13H2,1H3. The van der Waals surface area contributed by atoms with Gasteiger partial charge in [0.25, 0.3) is 10.0 Å². The SMILES string of the molecule is CC(NS(=O)(=O)c1cccs1)C(=O)N1CCCC1CN. The van der Waals surface area contributed by atoms with Crippen LogP contribution in [0.4, 0.5) is 0 Å². The Balaban J connectivity index is 2.05. The zero-order valence-electron chi connectivity index (χ0n) is 11.3. The fourth-order valence-electron chi connectivity index (χ4n) is 2.38. The first kappa shape index (κ1) is 15.4. The molecule has 2 unspecified atom stereocenters. The Kier molecular flexibility index (Phi) is 4.79. The summed E-state index contributed by atoms with van der Waals surface area (Å²) in [6, 6.07) is 2.42. The zero-order chi connectivity index (χ0) is 14.8. The van der Waals surface area contributed by atoms with Crippen molar-refractivity contribution >= 4 is 27.3 Å². The van der Waals surface area contributed by atoms with E-state index in [2.05, 4.69) is 4.72 Å². The normalized spacial score (nSPS) is 21.1. The van der Waals surface area contributed by atoms with Crippen molar-refractivity contribution in [1.29, 1.82) is 0 Å². The number of rotatable bonds is 5. The van der Waals surface area contributed by atoms with Gasteiger partial charge in [0.15, 0.2) is 0 Å². The Bertz CT molecular complexity index is 557. The van der Waals surface area contributed by atoms with Crippen LogP contribution in [0.15, 0.2) is 21.7 Å². The molecule has 1 aliphatic rings. The maximum absolute atomic E-state index is 12.3. The highest BCUT2D eigenvalue weighted by Gasteiger charge is 2.32. The molecule has 1 aromatic rings. The number of likely N-dealkylation sites (tertiary alicyclic amines) is 1. The molecule has 1 aliphatic heterocycles. The lowest BCUT2D eigenvalue weighted by Crippen LogP contribution is -2.49. The predicted molar refractivity (Wildman–Crippen MR) is 77.9 cm³/mol. The Morgan fingerprint density at radius 1 is 1.65 bits per heavy atom. The van der Waals surface area contributed by atoms with Crippen LogP contribution in [0.5, 0.6) is 0 Å². The average Bonchev–Trinajstić information content (AvgIpc) is 3.08. The van der Waals surface area contributed by atoms with E-state index < -0.39 is 16.1 Å². The van der Waals surface area contributed by atoms with Crippen LogP contribution in [0.3, 0.4) is 0 Å². The molecule has 0 spiro atoms. The fourth-order valence-corrected chi connectivity index (χ4v) is 4.58. The molecule has 2 rings (SSSR count). The molecule has 1 fully saturated rings. The van der Waals surface area contributed by atoms with Crippen LogP contribution in [0, 0.1) is 0 Å². The monoisotopic (exact) mass is 317 g/mol. The van der Waals surface area contributed by atoms with Crippen LogP contribution in [-0.2, 0) is 14.8 Å². The minimum absolute atomic E-state index is 0.0243. The zero-order valence-corrected chi connectivity index (χ0v) is 12.9. The smallest absolute Gasteiger partial charge is 0.250 e. The van der Waals surface area contributed by atoms with Gasteiger partial charge in [0.05, 0.1) is 6.04 Å². The molecule has 1 aromatic heterocycles. The first-order valence-corrected chi connectivity index (χ1v) is 8.88. The second-order valence-electron chi connectivity index (χ2n) is 4.84. The molecule has 0 aliphatic carbocycles. The largest absolute Gasteiger partial charge is 0.337 e. The fraction of sp³-hybridized carbons (Fsp3) is 0.583. The number of amides is 1. The highest BCUT2D eigenvalue weighted by atomic mass is 32.2. The van der Waals surface area contributed by atoms with Crippen LogP contribution in [-0.4, -0.2) is 44.4 Å². The van der Waals surface area contributed by atoms with Gasteiger partial charge >= 0.3 is 0 Å². The summed E-state index contributed by atoms with van der Waals surface area (Å²) in [5.74, 6) is -0.210. The molecular weight excluding hydrogens is 298 g/mol. The molecule has 6 nitrogen and oxygen atoms in total. The topological polar surface area (TPSA) is 92.5 Å². The maximum atomic E-state index is 12.3. The molecule has 0 radical (unpaired) electrons. The third-order valence-electron chi connectivity index (χ3n) is 3.39. The molecule has 0 aromatic carbocycles. The third-order valence-corrected chi connectivity index (χ3v) is 6.33. The van der Waals surface area contributed by atoms with E-state index in [1.807, 2.05) is 0 Å². The van der Waals surface area contributed by atoms with Crippen molar-refractivity contribution in [3.8, 4) is 0 Å². The summed E-state index contributed by atoms with van der Waals surface area (Å²) in [5, 5.41) is 1.69. The number of nitrogens with one attached hydrogen (secondary N) is 1. The maximum Gasteiger partial charge on any atom is 0.250 e. The Hall–Kier alpha value is -0.960. The van der Waals surface area contributed by atoms with Gasteiger partial charge in [-0.1, -0.05) is 6.07 Å². The number of carbonyl (C=O) groups excluding carboxylic acids is 1. The summed E-state index contributed by atoms with van der Waals surface area (Å²) in [6.45, 7) is 2.63. The molecule has 1 saturated heterocycles. The first-order chi connectivity index (χ1) is 9.45. The molecule has 0 bridgehead atoms. The average molecular weight is 317 g/mol. The summed E-state index contributed by atoms with van der Waals surface area (Å²) in [5.41, 5.74) is 5.64. The summed E-state index contributed by atoms with van der Waals surface area (Å²) < 4.78 is 26.8. The molecule has 2 atom stereocenters. The van der Waals surface area contributed by atoms with Crippen molar-refractivity contribution in [1.82, 2.24) is 9.62 Å². The van der Waals surface area contributed by atoms with Crippen molar-refractivity contribution < 1.29 is 13.2 Å². The molecule has 20 heavy (non-hydrogen) atoms. The van der Waals surface area contributed by atoms with Crippen LogP contribution in [0.2, 0.25) is 0 Å². The first-order valence-electron chi connectivity index (χ1n) is 6.52. The minimum Gasteiger partial charge on any atom is -0.337 e. The van der Waals surface area contributed by atoms with Crippen molar-refractivity contribution in [3.05, 3.63) is 17.5 Å². The lowest BCUT2D eigenvalue weighted by Gasteiger charge is -2.26. The minimum atomic E-state index is -3.63. The van der Waals surface area contributed by atoms with Gasteiger partial charge in [-0.2, -0.15) is 4.72 Å². The van der Waals surface area contributed by atoms with Gasteiger partial charge in [0, 0.05) is 19.1 Å². The van der Waals surface area contributed by atoms with Gasteiger partial charge in [-0.3, -0.25) is 4.79 Å². The van der Waals surface area contributed by atoms with E-state index in [-0.39, 0.29) is 16.2 Å². The van der Waals surface area contributed by atoms with Crippen LogP contribution < -0.4 is 10.5 Å². The van der Waals surface area contributed by atoms with E-state index in [1.165, 1.54) is 6.07 Å². The molecule has 1 amide bonds. The van der Waals surface area contributed by atoms with Gasteiger partial charge in [0.2, 0.25) is 5.91 Å². The van der Waals surface area contributed by atoms with Crippen molar-refractivity contribution in [3.63, 3.8) is 0 Å². The number of carbonyl (C=O) groups is 1. The summed E-state index contributed by atoms with van der Waals surface area (Å²) >= 11 is 1.13. The Morgan fingerprint density at radius 3 is 3.00 bits per heavy atom. The molecule has 3 N–H and O–H groups in total. The van der Waals surface area contributed by atoms with E-state index in [0.717, 1.165) is 24.2 Å². The molecule has 8 heteroatoms. The number of sulfonamides is 1. The Morgan fingerprint density at radius 2 is 2.40 bits per heavy atom. The summed E-state index contributed by atoms with van der Waals surface area (Å²) in [6.07, 6.45) is 1.80. The number of thiophene rings is 1. The van der Waals surface area contributed by atoms with Crippen molar-refractivity contribution in [2.75, 3.05) is 13.1 Å². The number of nitrogens with two attached hydrogens (primary N) is 1. The summed E-state index contributed by atoms with van der Waals surface area (Å²) in [4.78, 5) is 14.0. The van der Waals surface area contributed by atoms with E-state index in [1.54, 1.807) is 23.3 Å². The second kappa shape index (κ2) is 6.21. The highest BCUT2D eigenvalue weighted by Crippen LogP contribution is 2.19. The molecule has 112 valence electrons. The number of hydrogen-bond acceptors (Lipinski definition) is 5. The molecular formula is C12H19N3O3S2. The highest BCUT2D eigenvalue weighted by molar-refractivity contribution is 7.91. The van der Waals surface area contributed by atoms with Crippen LogP contribution in [0.1, 0.15) is 19.8 Å². The number of nitrogens with zero attached hydrogens (tertiary/aromatic N) is 1. The van der Waals surface area contributed by atoms with E-state index in [9.17, 15) is 13.2 Å². The van der Waals surface area contributed by atoms with Gasteiger partial charge in [-0.05, 0) is 31.2 Å². The van der Waals surface area contributed by atoms with Gasteiger partial charge < -0.3 is 10.6 Å². The van der Waals surface area contributed by atoms with Gasteiger partial charge in [-0.15, -0.1) is 11.3 Å². The molecule has 2 heterocycles. The quantitative estimate of drug-likeness (QED) is 0.820. The van der Waals surface area contributed by atoms with E-state index in [0.29, 0.717) is 13.1 Å². The molecule has 0 saturated carbocycles.